The van der Waals surface area contributed by atoms with Gasteiger partial charge in [-0.2, -0.15) is 0 Å². The lowest BCUT2D eigenvalue weighted by molar-refractivity contribution is 0.179. The zero-order valence-corrected chi connectivity index (χ0v) is 19.5. The van der Waals surface area contributed by atoms with Gasteiger partial charge >= 0.3 is 0 Å². The van der Waals surface area contributed by atoms with Gasteiger partial charge in [-0.25, -0.2) is 5.01 Å². The van der Waals surface area contributed by atoms with Crippen molar-refractivity contribution in [3.63, 3.8) is 0 Å². The zero-order valence-electron chi connectivity index (χ0n) is 19.5. The van der Waals surface area contributed by atoms with Crippen molar-refractivity contribution in [1.29, 1.82) is 0 Å². The minimum Gasteiger partial charge on any atom is -0.493 e. The summed E-state index contributed by atoms with van der Waals surface area (Å²) in [5.74, 6) is 2.02. The number of aryl methyl sites for hydroxylation is 1. The van der Waals surface area contributed by atoms with Crippen LogP contribution in [-0.2, 0) is 12.8 Å². The Morgan fingerprint density at radius 3 is 2.26 bits per heavy atom. The average molecular weight is 425 g/mol. The molecule has 0 saturated carbocycles. The number of benzene rings is 2. The van der Waals surface area contributed by atoms with Crippen LogP contribution in [-0.4, -0.2) is 38.9 Å². The number of ether oxygens (including phenoxy) is 3. The number of methoxy groups -OCH3 is 3. The maximum absolute atomic E-state index is 5.52. The second-order valence-corrected chi connectivity index (χ2v) is 8.07. The smallest absolute Gasteiger partial charge is 0.203 e. The molecule has 5 nitrogen and oxygen atoms in total. The first kappa shape index (κ1) is 23.0. The van der Waals surface area contributed by atoms with Gasteiger partial charge in [-0.15, -0.1) is 0 Å². The number of allylic oxidation sites excluding steroid dienone is 1. The van der Waals surface area contributed by atoms with Gasteiger partial charge in [0, 0.05) is 18.3 Å². The Morgan fingerprint density at radius 1 is 1.00 bits per heavy atom. The molecule has 168 valence electrons. The predicted octanol–water partition coefficient (Wildman–Crippen LogP) is 5.13. The molecule has 0 radical (unpaired) electrons. The maximum atomic E-state index is 5.52. The summed E-state index contributed by atoms with van der Waals surface area (Å²) in [7, 11) is 4.95. The molecule has 1 unspecified atom stereocenters. The molecule has 0 aromatic heterocycles. The predicted molar refractivity (Wildman–Crippen MR) is 126 cm³/mol. The topological polar surface area (TPSA) is 43.0 Å². The molecule has 0 amide bonds. The van der Waals surface area contributed by atoms with E-state index in [1.54, 1.807) is 21.3 Å². The van der Waals surface area contributed by atoms with Gasteiger partial charge in [0.2, 0.25) is 5.75 Å². The van der Waals surface area contributed by atoms with Crippen molar-refractivity contribution in [3.8, 4) is 17.2 Å². The summed E-state index contributed by atoms with van der Waals surface area (Å²) in [5, 5.41) is 2.35. The number of rotatable bonds is 11. The SMILES string of the molecule is CCC1=CCN(C(C)CCCc2ccccc2Cc2cc(OC)c(OC)c(OC)c2)N1. The summed E-state index contributed by atoms with van der Waals surface area (Å²) in [4.78, 5) is 0. The quantitative estimate of drug-likeness (QED) is 0.542. The normalized spacial score (nSPS) is 14.7. The highest BCUT2D eigenvalue weighted by atomic mass is 16.5. The van der Waals surface area contributed by atoms with E-state index in [1.165, 1.54) is 16.8 Å². The molecule has 1 aliphatic heterocycles. The fourth-order valence-corrected chi connectivity index (χ4v) is 4.17. The molecule has 0 bridgehead atoms. The van der Waals surface area contributed by atoms with Gasteiger partial charge in [-0.1, -0.05) is 31.2 Å². The number of hydrazine groups is 1. The second kappa shape index (κ2) is 11.1. The van der Waals surface area contributed by atoms with Crippen LogP contribution in [0.1, 0.15) is 49.8 Å². The standard InChI is InChI=1S/C26H36N2O3/c1-6-23-14-15-28(27-23)19(2)10-9-13-21-11-7-8-12-22(21)16-20-17-24(29-3)26(31-5)25(18-20)30-4/h7-8,11-12,14,17-19,27H,6,9-10,13,15-16H2,1-5H3. The molecule has 1 atom stereocenters. The Kier molecular flexibility index (Phi) is 8.24. The highest BCUT2D eigenvalue weighted by Crippen LogP contribution is 2.38. The van der Waals surface area contributed by atoms with Crippen LogP contribution >= 0.6 is 0 Å². The number of hydrogen-bond acceptors (Lipinski definition) is 5. The summed E-state index contributed by atoms with van der Waals surface area (Å²) in [6.45, 7) is 5.50. The minimum atomic E-state index is 0.516. The van der Waals surface area contributed by atoms with Crippen LogP contribution in [0.5, 0.6) is 17.2 Å². The van der Waals surface area contributed by atoms with Gasteiger partial charge in [-0.05, 0) is 73.9 Å². The van der Waals surface area contributed by atoms with Crippen LogP contribution in [0.4, 0.5) is 0 Å². The van der Waals surface area contributed by atoms with Crippen LogP contribution in [0.2, 0.25) is 0 Å². The molecule has 1 aliphatic rings. The van der Waals surface area contributed by atoms with E-state index in [1.807, 2.05) is 12.1 Å². The van der Waals surface area contributed by atoms with Crippen LogP contribution < -0.4 is 19.6 Å². The molecule has 2 aromatic rings. The summed E-state index contributed by atoms with van der Waals surface area (Å²) >= 11 is 0. The lowest BCUT2D eigenvalue weighted by atomic mass is 9.95. The lowest BCUT2D eigenvalue weighted by Crippen LogP contribution is -2.39. The highest BCUT2D eigenvalue weighted by Gasteiger charge is 2.18. The van der Waals surface area contributed by atoms with Gasteiger partial charge in [0.1, 0.15) is 0 Å². The third kappa shape index (κ3) is 5.73. The highest BCUT2D eigenvalue weighted by molar-refractivity contribution is 5.54. The van der Waals surface area contributed by atoms with Crippen molar-refractivity contribution in [2.45, 2.75) is 52.0 Å². The molecule has 0 spiro atoms. The molecule has 1 N–H and O–H groups in total. The van der Waals surface area contributed by atoms with E-state index >= 15 is 0 Å². The molecule has 3 rings (SSSR count). The Bertz CT molecular complexity index is 869. The number of nitrogens with one attached hydrogen (secondary N) is 1. The van der Waals surface area contributed by atoms with Crippen LogP contribution in [0, 0.1) is 0 Å². The van der Waals surface area contributed by atoms with Crippen LogP contribution in [0.3, 0.4) is 0 Å². The van der Waals surface area contributed by atoms with Crippen LogP contribution in [0.25, 0.3) is 0 Å². The summed E-state index contributed by atoms with van der Waals surface area (Å²) in [5.41, 5.74) is 8.76. The largest absolute Gasteiger partial charge is 0.493 e. The Morgan fingerprint density at radius 2 is 1.68 bits per heavy atom. The monoisotopic (exact) mass is 424 g/mol. The number of nitrogens with zero attached hydrogens (tertiary/aromatic N) is 1. The van der Waals surface area contributed by atoms with Crippen molar-refractivity contribution in [1.82, 2.24) is 10.4 Å². The molecule has 1 heterocycles. The van der Waals surface area contributed by atoms with Crippen molar-refractivity contribution in [3.05, 3.63) is 64.9 Å². The molecule has 0 aliphatic carbocycles. The summed E-state index contributed by atoms with van der Waals surface area (Å²) < 4.78 is 16.5. The molecule has 0 saturated heterocycles. The average Bonchev–Trinajstić information content (AvgIpc) is 3.29. The maximum Gasteiger partial charge on any atom is 0.203 e. The first-order chi connectivity index (χ1) is 15.1. The van der Waals surface area contributed by atoms with Crippen molar-refractivity contribution in [2.24, 2.45) is 0 Å². The van der Waals surface area contributed by atoms with Gasteiger partial charge in [0.25, 0.3) is 0 Å². The van der Waals surface area contributed by atoms with E-state index in [4.69, 9.17) is 14.2 Å². The Balaban J connectivity index is 1.64. The Labute approximate surface area is 187 Å². The summed E-state index contributed by atoms with van der Waals surface area (Å²) in [6, 6.07) is 13.3. The molecule has 0 fully saturated rings. The van der Waals surface area contributed by atoms with Crippen molar-refractivity contribution in [2.75, 3.05) is 27.9 Å². The summed E-state index contributed by atoms with van der Waals surface area (Å²) in [6.07, 6.45) is 7.59. The van der Waals surface area contributed by atoms with E-state index in [2.05, 4.69) is 54.6 Å². The molecule has 31 heavy (non-hydrogen) atoms. The van der Waals surface area contributed by atoms with E-state index < -0.39 is 0 Å². The van der Waals surface area contributed by atoms with E-state index in [0.717, 1.165) is 44.2 Å². The van der Waals surface area contributed by atoms with E-state index in [9.17, 15) is 0 Å². The lowest BCUT2D eigenvalue weighted by Gasteiger charge is -2.25. The van der Waals surface area contributed by atoms with Gasteiger partial charge < -0.3 is 19.6 Å². The zero-order chi connectivity index (χ0) is 22.2. The van der Waals surface area contributed by atoms with Crippen molar-refractivity contribution < 1.29 is 14.2 Å². The fourth-order valence-electron chi connectivity index (χ4n) is 4.17. The molecular weight excluding hydrogens is 388 g/mol. The van der Waals surface area contributed by atoms with Gasteiger partial charge in [-0.3, -0.25) is 0 Å². The minimum absolute atomic E-state index is 0.516. The number of hydrogen-bond donors (Lipinski definition) is 1. The van der Waals surface area contributed by atoms with Gasteiger partial charge in [0.15, 0.2) is 11.5 Å². The third-order valence-corrected chi connectivity index (χ3v) is 6.04. The first-order valence-corrected chi connectivity index (χ1v) is 11.2. The van der Waals surface area contributed by atoms with E-state index in [-0.39, 0.29) is 0 Å². The van der Waals surface area contributed by atoms with E-state index in [0.29, 0.717) is 23.3 Å². The molecule has 5 heteroatoms. The van der Waals surface area contributed by atoms with Gasteiger partial charge in [0.05, 0.1) is 21.3 Å². The Hall–Kier alpha value is -2.66. The first-order valence-electron chi connectivity index (χ1n) is 11.2. The van der Waals surface area contributed by atoms with Crippen molar-refractivity contribution >= 4 is 0 Å². The van der Waals surface area contributed by atoms with Crippen LogP contribution in [0.15, 0.2) is 48.2 Å². The third-order valence-electron chi connectivity index (χ3n) is 6.04. The second-order valence-electron chi connectivity index (χ2n) is 8.07. The fraction of sp³-hybridized carbons (Fsp3) is 0.462. The molecular formula is C26H36N2O3. The molecule has 2 aromatic carbocycles.